The van der Waals surface area contributed by atoms with Gasteiger partial charge in [-0.25, -0.2) is 4.98 Å². The van der Waals surface area contributed by atoms with E-state index in [4.69, 9.17) is 16.3 Å². The first-order valence-electron chi connectivity index (χ1n) is 6.72. The van der Waals surface area contributed by atoms with Crippen molar-refractivity contribution in [1.82, 2.24) is 15.3 Å². The number of hydrogen-bond donors (Lipinski definition) is 1. The van der Waals surface area contributed by atoms with Crippen LogP contribution in [0.5, 0.6) is 5.88 Å². The Bertz CT molecular complexity index is 403. The molecule has 1 aromatic heterocycles. The van der Waals surface area contributed by atoms with Crippen LogP contribution in [0.1, 0.15) is 32.1 Å². The fraction of sp³-hybridized carbons (Fsp3) is 0.692. The van der Waals surface area contributed by atoms with Crippen molar-refractivity contribution in [3.8, 4) is 5.88 Å². The van der Waals surface area contributed by atoms with Gasteiger partial charge in [0, 0.05) is 12.1 Å². The summed E-state index contributed by atoms with van der Waals surface area (Å²) < 4.78 is 5.64. The lowest BCUT2D eigenvalue weighted by atomic mass is 10.0. The fourth-order valence-electron chi connectivity index (χ4n) is 2.22. The average molecular weight is 338 g/mol. The molecule has 1 aromatic rings. The molecule has 1 N–H and O–H groups in total. The first kappa shape index (κ1) is 17.8. The molecular formula is C13H21Cl2N3OS. The van der Waals surface area contributed by atoms with E-state index < -0.39 is 0 Å². The molecule has 1 unspecified atom stereocenters. The molecule has 1 aliphatic heterocycles. The van der Waals surface area contributed by atoms with Crippen LogP contribution in [0.25, 0.3) is 0 Å². The molecule has 0 radical (unpaired) electrons. The van der Waals surface area contributed by atoms with E-state index in [1.807, 2.05) is 6.26 Å². The SMILES string of the molecule is CSc1nc(Cl)cc(OCCCC2CCCCN2)n1.Cl. The molecule has 2 rings (SSSR count). The first-order chi connectivity index (χ1) is 9.28. The van der Waals surface area contributed by atoms with Crippen molar-refractivity contribution in [2.75, 3.05) is 19.4 Å². The molecule has 1 fully saturated rings. The van der Waals surface area contributed by atoms with Crippen LogP contribution in [0, 0.1) is 0 Å². The normalized spacial score (nSPS) is 18.4. The summed E-state index contributed by atoms with van der Waals surface area (Å²) in [5.41, 5.74) is 0. The van der Waals surface area contributed by atoms with Crippen LogP contribution in [0.15, 0.2) is 11.2 Å². The number of piperidine rings is 1. The third-order valence-corrected chi connectivity index (χ3v) is 3.93. The Hall–Kier alpha value is -0.230. The van der Waals surface area contributed by atoms with Crippen LogP contribution in [0.3, 0.4) is 0 Å². The second kappa shape index (κ2) is 9.66. The van der Waals surface area contributed by atoms with Crippen LogP contribution < -0.4 is 10.1 Å². The van der Waals surface area contributed by atoms with Crippen molar-refractivity contribution in [3.63, 3.8) is 0 Å². The van der Waals surface area contributed by atoms with Crippen LogP contribution in [-0.2, 0) is 0 Å². The highest BCUT2D eigenvalue weighted by atomic mass is 35.5. The highest BCUT2D eigenvalue weighted by Gasteiger charge is 2.11. The van der Waals surface area contributed by atoms with Gasteiger partial charge in [-0.2, -0.15) is 4.98 Å². The van der Waals surface area contributed by atoms with E-state index in [-0.39, 0.29) is 12.4 Å². The second-order valence-electron chi connectivity index (χ2n) is 4.65. The second-order valence-corrected chi connectivity index (χ2v) is 5.81. The maximum atomic E-state index is 5.91. The van der Waals surface area contributed by atoms with Gasteiger partial charge in [0.2, 0.25) is 5.88 Å². The Labute approximate surface area is 135 Å². The molecule has 4 nitrogen and oxygen atoms in total. The van der Waals surface area contributed by atoms with Crippen LogP contribution in [0.4, 0.5) is 0 Å². The van der Waals surface area contributed by atoms with Crippen LogP contribution in [-0.4, -0.2) is 35.4 Å². The van der Waals surface area contributed by atoms with E-state index in [0.717, 1.165) is 19.4 Å². The predicted molar refractivity (Wildman–Crippen MR) is 86.4 cm³/mol. The number of hydrogen-bond acceptors (Lipinski definition) is 5. The van der Waals surface area contributed by atoms with E-state index in [0.29, 0.717) is 28.8 Å². The summed E-state index contributed by atoms with van der Waals surface area (Å²) in [6, 6.07) is 2.33. The molecule has 0 aliphatic carbocycles. The van der Waals surface area contributed by atoms with Gasteiger partial charge in [-0.3, -0.25) is 0 Å². The number of nitrogens with one attached hydrogen (secondary N) is 1. The van der Waals surface area contributed by atoms with Gasteiger partial charge in [0.05, 0.1) is 6.61 Å². The maximum Gasteiger partial charge on any atom is 0.218 e. The Morgan fingerprint density at radius 1 is 1.45 bits per heavy atom. The minimum atomic E-state index is 0. The van der Waals surface area contributed by atoms with Crippen LogP contribution in [0.2, 0.25) is 5.15 Å². The molecule has 0 spiro atoms. The number of halogens is 2. The summed E-state index contributed by atoms with van der Waals surface area (Å²) in [6.45, 7) is 1.84. The quantitative estimate of drug-likeness (QED) is 0.372. The van der Waals surface area contributed by atoms with E-state index >= 15 is 0 Å². The lowest BCUT2D eigenvalue weighted by molar-refractivity contribution is 0.274. The van der Waals surface area contributed by atoms with Gasteiger partial charge < -0.3 is 10.1 Å². The molecular weight excluding hydrogens is 317 g/mol. The zero-order valence-electron chi connectivity index (χ0n) is 11.6. The van der Waals surface area contributed by atoms with E-state index in [2.05, 4.69) is 15.3 Å². The van der Waals surface area contributed by atoms with Gasteiger partial charge in [0.25, 0.3) is 0 Å². The van der Waals surface area contributed by atoms with Gasteiger partial charge in [-0.15, -0.1) is 12.4 Å². The number of aromatic nitrogens is 2. The molecule has 7 heteroatoms. The molecule has 0 amide bonds. The molecule has 0 aromatic carbocycles. The van der Waals surface area contributed by atoms with Crippen molar-refractivity contribution in [2.24, 2.45) is 0 Å². The van der Waals surface area contributed by atoms with Crippen LogP contribution >= 0.6 is 35.8 Å². The maximum absolute atomic E-state index is 5.91. The number of nitrogens with zero attached hydrogens (tertiary/aromatic N) is 2. The zero-order chi connectivity index (χ0) is 13.5. The fourth-order valence-corrected chi connectivity index (χ4v) is 2.81. The molecule has 1 aliphatic rings. The van der Waals surface area contributed by atoms with Gasteiger partial charge in [-0.1, -0.05) is 29.8 Å². The lowest BCUT2D eigenvalue weighted by Gasteiger charge is -2.23. The summed E-state index contributed by atoms with van der Waals surface area (Å²) in [5, 5.41) is 4.62. The summed E-state index contributed by atoms with van der Waals surface area (Å²) in [5.74, 6) is 0.570. The Kier molecular flexibility index (Phi) is 8.61. The molecule has 20 heavy (non-hydrogen) atoms. The number of ether oxygens (including phenoxy) is 1. The molecule has 1 atom stereocenters. The van der Waals surface area contributed by atoms with Gasteiger partial charge in [0.15, 0.2) is 5.16 Å². The Morgan fingerprint density at radius 3 is 3.00 bits per heavy atom. The molecule has 2 heterocycles. The predicted octanol–water partition coefficient (Wildman–Crippen LogP) is 3.57. The van der Waals surface area contributed by atoms with Crippen molar-refractivity contribution in [1.29, 1.82) is 0 Å². The average Bonchev–Trinajstić information content (AvgIpc) is 2.44. The molecule has 0 bridgehead atoms. The largest absolute Gasteiger partial charge is 0.478 e. The summed E-state index contributed by atoms with van der Waals surface area (Å²) in [4.78, 5) is 8.35. The monoisotopic (exact) mass is 337 g/mol. The highest BCUT2D eigenvalue weighted by molar-refractivity contribution is 7.98. The van der Waals surface area contributed by atoms with E-state index in [1.165, 1.54) is 31.0 Å². The molecule has 1 saturated heterocycles. The number of thioether (sulfide) groups is 1. The third kappa shape index (κ3) is 6.04. The smallest absolute Gasteiger partial charge is 0.218 e. The minimum Gasteiger partial charge on any atom is -0.478 e. The van der Waals surface area contributed by atoms with Crippen molar-refractivity contribution in [3.05, 3.63) is 11.2 Å². The number of rotatable bonds is 6. The lowest BCUT2D eigenvalue weighted by Crippen LogP contribution is -2.34. The van der Waals surface area contributed by atoms with E-state index in [1.54, 1.807) is 6.07 Å². The van der Waals surface area contributed by atoms with E-state index in [9.17, 15) is 0 Å². The van der Waals surface area contributed by atoms with Gasteiger partial charge in [0.1, 0.15) is 5.15 Å². The van der Waals surface area contributed by atoms with Crippen molar-refractivity contribution >= 4 is 35.8 Å². The Balaban J connectivity index is 0.00000200. The molecule has 0 saturated carbocycles. The molecule has 114 valence electrons. The standard InChI is InChI=1S/C13H20ClN3OS.ClH/c1-19-13-16-11(14)9-12(17-13)18-8-4-6-10-5-2-3-7-15-10;/h9-10,15H,2-8H2,1H3;1H. The summed E-state index contributed by atoms with van der Waals surface area (Å²) in [6.07, 6.45) is 8.06. The topological polar surface area (TPSA) is 47.0 Å². The Morgan fingerprint density at radius 2 is 2.30 bits per heavy atom. The van der Waals surface area contributed by atoms with Crippen molar-refractivity contribution < 1.29 is 4.74 Å². The van der Waals surface area contributed by atoms with Gasteiger partial charge >= 0.3 is 0 Å². The minimum absolute atomic E-state index is 0. The van der Waals surface area contributed by atoms with Crippen molar-refractivity contribution in [2.45, 2.75) is 43.3 Å². The highest BCUT2D eigenvalue weighted by Crippen LogP contribution is 2.19. The first-order valence-corrected chi connectivity index (χ1v) is 8.33. The summed E-state index contributed by atoms with van der Waals surface area (Å²) >= 11 is 7.37. The third-order valence-electron chi connectivity index (χ3n) is 3.19. The zero-order valence-corrected chi connectivity index (χ0v) is 14.0. The summed E-state index contributed by atoms with van der Waals surface area (Å²) in [7, 11) is 0. The van der Waals surface area contributed by atoms with Gasteiger partial charge in [-0.05, 0) is 38.5 Å².